The van der Waals surface area contributed by atoms with Crippen LogP contribution in [0.3, 0.4) is 0 Å². The maximum absolute atomic E-state index is 9.08. The number of hydrogen-bond donors (Lipinski definition) is 1. The summed E-state index contributed by atoms with van der Waals surface area (Å²) in [6, 6.07) is 10.1. The summed E-state index contributed by atoms with van der Waals surface area (Å²) in [5.74, 6) is 0. The third-order valence-corrected chi connectivity index (χ3v) is 4.69. The molecule has 0 spiro atoms. The fourth-order valence-electron chi connectivity index (χ4n) is 3.07. The lowest BCUT2D eigenvalue weighted by molar-refractivity contribution is 0.522. The number of nitrogens with zero attached hydrogens (tertiary/aromatic N) is 2. The van der Waals surface area contributed by atoms with Gasteiger partial charge in [-0.25, -0.2) is 4.98 Å². The molecule has 3 rings (SSSR count). The van der Waals surface area contributed by atoms with Gasteiger partial charge in [0.2, 0.25) is 0 Å². The summed E-state index contributed by atoms with van der Waals surface area (Å²) in [5, 5.41) is 11.8. The highest BCUT2D eigenvalue weighted by Gasteiger charge is 2.39. The third-order valence-electron chi connectivity index (χ3n) is 4.01. The van der Waals surface area contributed by atoms with Crippen molar-refractivity contribution in [3.63, 3.8) is 0 Å². The Morgan fingerprint density at radius 3 is 2.74 bits per heavy atom. The number of nitrogen functional groups attached to an aromatic ring is 1. The zero-order chi connectivity index (χ0) is 13.3. The Balaban J connectivity index is 2.13. The molecular formula is C15H15N3S. The number of anilines is 1. The lowest BCUT2D eigenvalue weighted by atomic mass is 9.76. The lowest BCUT2D eigenvalue weighted by Crippen LogP contribution is -2.24. The molecule has 3 nitrogen and oxygen atoms in total. The van der Waals surface area contributed by atoms with E-state index in [1.165, 1.54) is 29.7 Å². The Kier molecular flexibility index (Phi) is 3.00. The summed E-state index contributed by atoms with van der Waals surface area (Å²) in [6.45, 7) is 0. The molecule has 0 atom stereocenters. The first kappa shape index (κ1) is 12.2. The summed E-state index contributed by atoms with van der Waals surface area (Å²) in [7, 11) is 0. The Hall–Kier alpha value is -1.86. The van der Waals surface area contributed by atoms with E-state index in [1.54, 1.807) is 0 Å². The second-order valence-corrected chi connectivity index (χ2v) is 5.94. The van der Waals surface area contributed by atoms with E-state index in [2.05, 4.69) is 22.5 Å². The van der Waals surface area contributed by atoms with Crippen LogP contribution in [0.15, 0.2) is 29.6 Å². The van der Waals surface area contributed by atoms with Crippen molar-refractivity contribution in [1.82, 2.24) is 4.98 Å². The number of benzene rings is 1. The molecular weight excluding hydrogens is 254 g/mol. The van der Waals surface area contributed by atoms with Gasteiger partial charge in [0.15, 0.2) is 5.13 Å². The minimum atomic E-state index is -0.0407. The van der Waals surface area contributed by atoms with E-state index in [-0.39, 0.29) is 5.41 Å². The van der Waals surface area contributed by atoms with Crippen molar-refractivity contribution in [3.05, 3.63) is 46.5 Å². The maximum atomic E-state index is 9.08. The van der Waals surface area contributed by atoms with Crippen LogP contribution in [-0.2, 0) is 5.41 Å². The SMILES string of the molecule is N#Cc1cccc(C2(c3csc(N)n3)CCCC2)c1. The molecule has 0 amide bonds. The van der Waals surface area contributed by atoms with E-state index in [0.29, 0.717) is 10.7 Å². The number of aromatic nitrogens is 1. The largest absolute Gasteiger partial charge is 0.375 e. The van der Waals surface area contributed by atoms with Gasteiger partial charge in [0.05, 0.1) is 17.3 Å². The molecule has 1 aliphatic rings. The van der Waals surface area contributed by atoms with Gasteiger partial charge in [-0.3, -0.25) is 0 Å². The van der Waals surface area contributed by atoms with Crippen LogP contribution in [0.2, 0.25) is 0 Å². The molecule has 1 aromatic heterocycles. The standard InChI is InChI=1S/C15H15N3S/c16-9-11-4-3-5-12(8-11)15(6-1-2-7-15)13-10-19-14(17)18-13/h3-5,8,10H,1-2,6-7H2,(H2,17,18). The van der Waals surface area contributed by atoms with Gasteiger partial charge in [0, 0.05) is 10.8 Å². The molecule has 0 aliphatic heterocycles. The van der Waals surface area contributed by atoms with Crippen molar-refractivity contribution >= 4 is 16.5 Å². The number of hydrogen-bond acceptors (Lipinski definition) is 4. The van der Waals surface area contributed by atoms with Crippen molar-refractivity contribution < 1.29 is 0 Å². The summed E-state index contributed by atoms with van der Waals surface area (Å²) in [6.07, 6.45) is 4.58. The first-order chi connectivity index (χ1) is 9.24. The van der Waals surface area contributed by atoms with Crippen molar-refractivity contribution in [2.45, 2.75) is 31.1 Å². The van der Waals surface area contributed by atoms with Crippen LogP contribution in [0.4, 0.5) is 5.13 Å². The van der Waals surface area contributed by atoms with E-state index in [1.807, 2.05) is 18.2 Å². The van der Waals surface area contributed by atoms with E-state index in [0.717, 1.165) is 18.5 Å². The first-order valence-corrected chi connectivity index (χ1v) is 7.35. The van der Waals surface area contributed by atoms with Crippen molar-refractivity contribution in [3.8, 4) is 6.07 Å². The van der Waals surface area contributed by atoms with Gasteiger partial charge >= 0.3 is 0 Å². The Morgan fingerprint density at radius 2 is 2.11 bits per heavy atom. The van der Waals surface area contributed by atoms with E-state index >= 15 is 0 Å². The molecule has 4 heteroatoms. The fraction of sp³-hybridized carbons (Fsp3) is 0.333. The molecule has 0 bridgehead atoms. The van der Waals surface area contributed by atoms with Crippen LogP contribution in [0.1, 0.15) is 42.5 Å². The summed E-state index contributed by atoms with van der Waals surface area (Å²) < 4.78 is 0. The highest BCUT2D eigenvalue weighted by atomic mass is 32.1. The average molecular weight is 269 g/mol. The van der Waals surface area contributed by atoms with E-state index in [9.17, 15) is 0 Å². The summed E-state index contributed by atoms with van der Waals surface area (Å²) in [5.41, 5.74) is 8.74. The zero-order valence-corrected chi connectivity index (χ0v) is 11.4. The minimum Gasteiger partial charge on any atom is -0.375 e. The van der Waals surface area contributed by atoms with Crippen molar-refractivity contribution in [2.75, 3.05) is 5.73 Å². The van der Waals surface area contributed by atoms with Gasteiger partial charge in [-0.1, -0.05) is 25.0 Å². The highest BCUT2D eigenvalue weighted by molar-refractivity contribution is 7.13. The van der Waals surface area contributed by atoms with E-state index in [4.69, 9.17) is 11.0 Å². The van der Waals surface area contributed by atoms with Crippen LogP contribution in [0, 0.1) is 11.3 Å². The lowest BCUT2D eigenvalue weighted by Gasteiger charge is -2.28. The minimum absolute atomic E-state index is 0.0407. The van der Waals surface area contributed by atoms with Gasteiger partial charge in [-0.05, 0) is 30.5 Å². The first-order valence-electron chi connectivity index (χ1n) is 6.47. The Morgan fingerprint density at radius 1 is 1.32 bits per heavy atom. The van der Waals surface area contributed by atoms with Crippen LogP contribution < -0.4 is 5.73 Å². The Bertz CT molecular complexity index is 633. The fourth-order valence-corrected chi connectivity index (χ4v) is 3.73. The summed E-state index contributed by atoms with van der Waals surface area (Å²) in [4.78, 5) is 4.51. The average Bonchev–Trinajstić information content (AvgIpc) is 3.08. The normalized spacial score (nSPS) is 17.2. The molecule has 0 saturated heterocycles. The third kappa shape index (κ3) is 2.00. The number of nitrogens with two attached hydrogens (primary N) is 1. The predicted octanol–water partition coefficient (Wildman–Crippen LogP) is 3.46. The Labute approximate surface area is 116 Å². The molecule has 0 unspecified atom stereocenters. The molecule has 1 aliphatic carbocycles. The molecule has 0 radical (unpaired) electrons. The quantitative estimate of drug-likeness (QED) is 0.908. The maximum Gasteiger partial charge on any atom is 0.180 e. The highest BCUT2D eigenvalue weighted by Crippen LogP contribution is 2.46. The zero-order valence-electron chi connectivity index (χ0n) is 10.6. The van der Waals surface area contributed by atoms with Crippen molar-refractivity contribution in [2.24, 2.45) is 0 Å². The molecule has 19 heavy (non-hydrogen) atoms. The summed E-state index contributed by atoms with van der Waals surface area (Å²) >= 11 is 1.50. The second kappa shape index (κ2) is 4.67. The molecule has 96 valence electrons. The molecule has 1 fully saturated rings. The number of thiazole rings is 1. The van der Waals surface area contributed by atoms with Gasteiger partial charge < -0.3 is 5.73 Å². The van der Waals surface area contributed by atoms with Crippen LogP contribution >= 0.6 is 11.3 Å². The topological polar surface area (TPSA) is 62.7 Å². The smallest absolute Gasteiger partial charge is 0.180 e. The molecule has 2 aromatic rings. The predicted molar refractivity (Wildman–Crippen MR) is 76.9 cm³/mol. The van der Waals surface area contributed by atoms with Crippen LogP contribution in [0.25, 0.3) is 0 Å². The number of nitriles is 1. The monoisotopic (exact) mass is 269 g/mol. The van der Waals surface area contributed by atoms with Crippen LogP contribution in [0.5, 0.6) is 0 Å². The van der Waals surface area contributed by atoms with Crippen LogP contribution in [-0.4, -0.2) is 4.98 Å². The van der Waals surface area contributed by atoms with Crippen molar-refractivity contribution in [1.29, 1.82) is 5.26 Å². The second-order valence-electron chi connectivity index (χ2n) is 5.05. The van der Waals surface area contributed by atoms with E-state index < -0.39 is 0 Å². The molecule has 2 N–H and O–H groups in total. The number of rotatable bonds is 2. The molecule has 1 saturated carbocycles. The van der Waals surface area contributed by atoms with Gasteiger partial charge in [0.1, 0.15) is 0 Å². The molecule has 1 aromatic carbocycles. The van der Waals surface area contributed by atoms with Gasteiger partial charge in [-0.2, -0.15) is 5.26 Å². The molecule has 1 heterocycles. The van der Waals surface area contributed by atoms with Gasteiger partial charge in [0.25, 0.3) is 0 Å². The van der Waals surface area contributed by atoms with Gasteiger partial charge in [-0.15, -0.1) is 11.3 Å².